The highest BCUT2D eigenvalue weighted by Crippen LogP contribution is 2.66. The molecule has 2 aliphatic carbocycles. The van der Waals surface area contributed by atoms with E-state index in [9.17, 15) is 19.1 Å². The van der Waals surface area contributed by atoms with Gasteiger partial charge in [-0.2, -0.15) is 0 Å². The minimum absolute atomic E-state index is 0.0185. The highest BCUT2D eigenvalue weighted by Gasteiger charge is 2.80. The van der Waals surface area contributed by atoms with E-state index in [2.05, 4.69) is 15.6 Å². The zero-order valence-electron chi connectivity index (χ0n) is 16.3. The lowest BCUT2D eigenvalue weighted by atomic mass is 10.1. The van der Waals surface area contributed by atoms with Crippen LogP contribution in [0.2, 0.25) is 5.02 Å². The average molecular weight is 447 g/mol. The molecule has 3 N–H and O–H groups in total. The van der Waals surface area contributed by atoms with Crippen molar-refractivity contribution in [3.05, 3.63) is 53.1 Å². The van der Waals surface area contributed by atoms with Gasteiger partial charge in [-0.05, 0) is 30.7 Å². The first-order valence-electron chi connectivity index (χ1n) is 9.94. The van der Waals surface area contributed by atoms with Gasteiger partial charge < -0.3 is 25.4 Å². The number of aromatic nitrogens is 1. The summed E-state index contributed by atoms with van der Waals surface area (Å²) in [6.45, 7) is 0.811. The summed E-state index contributed by atoms with van der Waals surface area (Å²) in [6, 6.07) is 7.31. The second kappa shape index (κ2) is 7.35. The smallest absolute Gasteiger partial charge is 0.270 e. The maximum absolute atomic E-state index is 13.4. The number of rotatable bonds is 7. The van der Waals surface area contributed by atoms with Crippen molar-refractivity contribution >= 4 is 29.1 Å². The number of hydrogen-bond acceptors (Lipinski definition) is 6. The van der Waals surface area contributed by atoms with E-state index >= 15 is 0 Å². The second-order valence-electron chi connectivity index (χ2n) is 8.17. The number of β-amino-alcohol motifs (C(OH)–C–C–N with tert-alkyl or cyclic N) is 1. The molecule has 1 aromatic carbocycles. The van der Waals surface area contributed by atoms with Gasteiger partial charge in [0, 0.05) is 37.0 Å². The quantitative estimate of drug-likeness (QED) is 0.589. The summed E-state index contributed by atoms with van der Waals surface area (Å²) in [5.74, 6) is -0.857. The molecule has 3 atom stereocenters. The molecule has 2 amide bonds. The fourth-order valence-corrected chi connectivity index (χ4v) is 4.09. The van der Waals surface area contributed by atoms with Crippen molar-refractivity contribution in [1.82, 2.24) is 15.6 Å². The second-order valence-corrected chi connectivity index (χ2v) is 8.58. The van der Waals surface area contributed by atoms with Crippen molar-refractivity contribution in [1.29, 1.82) is 0 Å². The third-order valence-corrected chi connectivity index (χ3v) is 6.34. The molecule has 2 aromatic rings. The number of aliphatic hydroxyl groups excluding tert-OH is 1. The number of nitrogens with one attached hydrogen (secondary N) is 2. The normalized spacial score (nSPS) is 25.8. The zero-order chi connectivity index (χ0) is 21.8. The van der Waals surface area contributed by atoms with E-state index in [-0.39, 0.29) is 47.3 Å². The van der Waals surface area contributed by atoms with Crippen LogP contribution in [-0.4, -0.2) is 59.3 Å². The molecule has 0 radical (unpaired) electrons. The van der Waals surface area contributed by atoms with Crippen LogP contribution in [0.4, 0.5) is 10.1 Å². The number of anilines is 1. The minimum Gasteiger partial charge on any atom is -0.484 e. The first kappa shape index (κ1) is 20.0. The number of halogens is 2. The van der Waals surface area contributed by atoms with Crippen LogP contribution in [0.1, 0.15) is 16.9 Å². The molecular weight excluding hydrogens is 427 g/mol. The molecule has 2 saturated carbocycles. The Bertz CT molecular complexity index is 1060. The third-order valence-electron chi connectivity index (χ3n) is 6.03. The van der Waals surface area contributed by atoms with E-state index in [1.807, 2.05) is 4.90 Å². The molecule has 10 heteroatoms. The molecule has 8 nitrogen and oxygen atoms in total. The molecule has 2 heterocycles. The Morgan fingerprint density at radius 1 is 1.32 bits per heavy atom. The molecular formula is C21H20ClFN4O4. The van der Waals surface area contributed by atoms with Crippen LogP contribution < -0.4 is 20.3 Å². The zero-order valence-corrected chi connectivity index (χ0v) is 17.1. The molecule has 31 heavy (non-hydrogen) atoms. The molecule has 3 aliphatic rings. The molecule has 0 spiro atoms. The molecule has 162 valence electrons. The van der Waals surface area contributed by atoms with Crippen molar-refractivity contribution in [3.63, 3.8) is 0 Å². The van der Waals surface area contributed by atoms with Gasteiger partial charge >= 0.3 is 0 Å². The van der Waals surface area contributed by atoms with Crippen molar-refractivity contribution in [2.24, 2.45) is 5.92 Å². The van der Waals surface area contributed by atoms with Gasteiger partial charge in [-0.3, -0.25) is 14.6 Å². The van der Waals surface area contributed by atoms with E-state index in [4.69, 9.17) is 16.3 Å². The van der Waals surface area contributed by atoms with Crippen LogP contribution in [0.15, 0.2) is 36.5 Å². The van der Waals surface area contributed by atoms with Gasteiger partial charge in [0.1, 0.15) is 17.3 Å². The van der Waals surface area contributed by atoms with Gasteiger partial charge in [0.2, 0.25) is 0 Å². The minimum atomic E-state index is -0.618. The van der Waals surface area contributed by atoms with E-state index in [0.717, 1.165) is 18.2 Å². The van der Waals surface area contributed by atoms with Crippen molar-refractivity contribution in [2.45, 2.75) is 24.1 Å². The average Bonchev–Trinajstić information content (AvgIpc) is 3.60. The number of fused-ring (bicyclic) bond motifs is 1. The highest BCUT2D eigenvalue weighted by molar-refractivity contribution is 6.30. The number of ether oxygens (including phenoxy) is 1. The maximum atomic E-state index is 13.4. The first-order chi connectivity index (χ1) is 14.9. The van der Waals surface area contributed by atoms with Gasteiger partial charge in [0.05, 0.1) is 22.7 Å². The molecule has 3 fully saturated rings. The van der Waals surface area contributed by atoms with Crippen LogP contribution in [-0.2, 0) is 4.79 Å². The van der Waals surface area contributed by atoms with Crippen molar-refractivity contribution in [3.8, 4) is 5.75 Å². The molecule has 1 aromatic heterocycles. The van der Waals surface area contributed by atoms with E-state index in [1.165, 1.54) is 12.1 Å². The number of carbonyl (C=O) groups excluding carboxylic acids is 2. The predicted molar refractivity (Wildman–Crippen MR) is 110 cm³/mol. The Morgan fingerprint density at radius 3 is 2.84 bits per heavy atom. The lowest BCUT2D eigenvalue weighted by molar-refractivity contribution is -0.123. The molecule has 1 saturated heterocycles. The maximum Gasteiger partial charge on any atom is 0.270 e. The lowest BCUT2D eigenvalue weighted by Crippen LogP contribution is -2.51. The van der Waals surface area contributed by atoms with Gasteiger partial charge in [-0.25, -0.2) is 4.39 Å². The van der Waals surface area contributed by atoms with Crippen LogP contribution in [0.25, 0.3) is 0 Å². The third kappa shape index (κ3) is 3.79. The van der Waals surface area contributed by atoms with Crippen LogP contribution in [0.3, 0.4) is 0 Å². The Morgan fingerprint density at radius 2 is 2.13 bits per heavy atom. The van der Waals surface area contributed by atoms with Crippen molar-refractivity contribution < 1.29 is 23.8 Å². The van der Waals surface area contributed by atoms with Crippen LogP contribution >= 0.6 is 11.6 Å². The fourth-order valence-electron chi connectivity index (χ4n) is 3.97. The number of amides is 2. The summed E-state index contributed by atoms with van der Waals surface area (Å²) in [7, 11) is 0. The summed E-state index contributed by atoms with van der Waals surface area (Å²) < 4.78 is 18.7. The predicted octanol–water partition coefficient (Wildman–Crippen LogP) is 1.12. The molecule has 3 unspecified atom stereocenters. The van der Waals surface area contributed by atoms with Crippen LogP contribution in [0.5, 0.6) is 5.75 Å². The topological polar surface area (TPSA) is 104 Å². The van der Waals surface area contributed by atoms with Gasteiger partial charge in [0.25, 0.3) is 11.8 Å². The van der Waals surface area contributed by atoms with Gasteiger partial charge in [0.15, 0.2) is 6.61 Å². The largest absolute Gasteiger partial charge is 0.484 e. The van der Waals surface area contributed by atoms with E-state index in [1.54, 1.807) is 18.3 Å². The SMILES string of the molecule is O=C(COc1ccc(Cl)c(F)c1)NC1C2CC21NC(=O)c1cc(N2CC(O)C2)ccn1. The summed E-state index contributed by atoms with van der Waals surface area (Å²) in [5, 5.41) is 15.3. The standard InChI is InChI=1S/C21H20ClFN4O4/c22-15-2-1-13(6-16(15)23)31-10-18(29)25-19-14-7-21(14,19)26-20(30)17-5-11(3-4-24-17)27-8-12(28)9-27/h1-6,12,14,19,28H,7-10H2,(H,25,29)(H,26,30). The number of aliphatic hydroxyl groups is 1. The number of nitrogens with zero attached hydrogens (tertiary/aromatic N) is 2. The molecule has 5 rings (SSSR count). The Hall–Kier alpha value is -2.91. The number of hydrogen-bond donors (Lipinski definition) is 3. The monoisotopic (exact) mass is 446 g/mol. The number of pyridine rings is 1. The Kier molecular flexibility index (Phi) is 4.75. The van der Waals surface area contributed by atoms with E-state index < -0.39 is 11.4 Å². The van der Waals surface area contributed by atoms with Gasteiger partial charge in [-0.1, -0.05) is 11.6 Å². The summed E-state index contributed by atoms with van der Waals surface area (Å²) in [5.41, 5.74) is 0.708. The van der Waals surface area contributed by atoms with Gasteiger partial charge in [-0.15, -0.1) is 0 Å². The first-order valence-corrected chi connectivity index (χ1v) is 10.3. The van der Waals surface area contributed by atoms with Crippen molar-refractivity contribution in [2.75, 3.05) is 24.6 Å². The highest BCUT2D eigenvalue weighted by atomic mass is 35.5. The molecule has 0 bridgehead atoms. The molecule has 1 aliphatic heterocycles. The fraction of sp³-hybridized carbons (Fsp3) is 0.381. The Balaban J connectivity index is 1.12. The summed E-state index contributed by atoms with van der Waals surface area (Å²) >= 11 is 5.62. The lowest BCUT2D eigenvalue weighted by Gasteiger charge is -2.37. The van der Waals surface area contributed by atoms with E-state index in [0.29, 0.717) is 18.8 Å². The number of carbonyl (C=O) groups is 2. The van der Waals surface area contributed by atoms with Crippen LogP contribution in [0, 0.1) is 11.7 Å². The Labute approximate surface area is 182 Å². The number of benzene rings is 1. The summed E-state index contributed by atoms with van der Waals surface area (Å²) in [4.78, 5) is 30.9. The summed E-state index contributed by atoms with van der Waals surface area (Å²) in [6.07, 6.45) is 2.03.